The molecule has 1 rings (SSSR count). The first-order chi connectivity index (χ1) is 8.52. The quantitative estimate of drug-likeness (QED) is 0.570. The summed E-state index contributed by atoms with van der Waals surface area (Å²) in [5.74, 6) is 0.193. The number of nitrogens with zero attached hydrogens (tertiary/aromatic N) is 1. The van der Waals surface area contributed by atoms with Crippen molar-refractivity contribution in [3.8, 4) is 0 Å². The second-order valence-electron chi connectivity index (χ2n) is 5.04. The third-order valence-electron chi connectivity index (χ3n) is 2.88. The Bertz CT molecular complexity index is 395. The van der Waals surface area contributed by atoms with Gasteiger partial charge in [0.15, 0.2) is 0 Å². The molecule has 3 heteroatoms. The topological polar surface area (TPSA) is 37.4 Å². The van der Waals surface area contributed by atoms with Crippen LogP contribution in [0.1, 0.15) is 25.0 Å². The zero-order chi connectivity index (χ0) is 13.5. The summed E-state index contributed by atoms with van der Waals surface area (Å²) in [6.07, 6.45) is 2.22. The standard InChI is InChI=1S/C15H21NO2/c1-12(2)10-14-6-4-13(5-7-14)8-9-16(3)15(18)11-17/h4-7,11-12H,8-10H2,1-3H3. The van der Waals surface area contributed by atoms with Crippen LogP contribution in [0.3, 0.4) is 0 Å². The molecule has 1 aromatic carbocycles. The van der Waals surface area contributed by atoms with Gasteiger partial charge in [0.05, 0.1) is 0 Å². The smallest absolute Gasteiger partial charge is 0.286 e. The van der Waals surface area contributed by atoms with E-state index in [-0.39, 0.29) is 0 Å². The Morgan fingerprint density at radius 3 is 2.28 bits per heavy atom. The van der Waals surface area contributed by atoms with Crippen molar-refractivity contribution >= 4 is 12.2 Å². The number of rotatable bonds is 6. The molecule has 0 fully saturated rings. The van der Waals surface area contributed by atoms with Gasteiger partial charge < -0.3 is 4.90 Å². The number of benzene rings is 1. The molecule has 0 saturated carbocycles. The van der Waals surface area contributed by atoms with Gasteiger partial charge in [0.2, 0.25) is 6.29 Å². The Kier molecular flexibility index (Phi) is 5.56. The fraction of sp³-hybridized carbons (Fsp3) is 0.467. The summed E-state index contributed by atoms with van der Waals surface area (Å²) in [7, 11) is 1.64. The summed E-state index contributed by atoms with van der Waals surface area (Å²) in [5.41, 5.74) is 2.53. The lowest BCUT2D eigenvalue weighted by molar-refractivity contribution is -0.137. The number of carbonyl (C=O) groups excluding carboxylic acids is 2. The van der Waals surface area contributed by atoms with E-state index in [9.17, 15) is 9.59 Å². The zero-order valence-corrected chi connectivity index (χ0v) is 11.3. The van der Waals surface area contributed by atoms with Gasteiger partial charge in [-0.2, -0.15) is 0 Å². The van der Waals surface area contributed by atoms with Gasteiger partial charge in [0, 0.05) is 13.6 Å². The van der Waals surface area contributed by atoms with Crippen molar-refractivity contribution in [1.82, 2.24) is 4.90 Å². The Balaban J connectivity index is 2.48. The predicted octanol–water partition coefficient (Wildman–Crippen LogP) is 2.08. The number of aldehydes is 1. The molecule has 0 radical (unpaired) electrons. The van der Waals surface area contributed by atoms with Crippen molar-refractivity contribution in [2.24, 2.45) is 5.92 Å². The van der Waals surface area contributed by atoms with Crippen LogP contribution in [0.4, 0.5) is 0 Å². The lowest BCUT2D eigenvalue weighted by Gasteiger charge is -2.13. The van der Waals surface area contributed by atoms with Crippen LogP contribution in [-0.2, 0) is 22.4 Å². The van der Waals surface area contributed by atoms with Crippen LogP contribution in [0.25, 0.3) is 0 Å². The number of hydrogen-bond donors (Lipinski definition) is 0. The summed E-state index contributed by atoms with van der Waals surface area (Å²) in [4.78, 5) is 22.8. The molecule has 1 aromatic rings. The van der Waals surface area contributed by atoms with Crippen molar-refractivity contribution in [1.29, 1.82) is 0 Å². The second kappa shape index (κ2) is 6.94. The van der Waals surface area contributed by atoms with Crippen LogP contribution in [0, 0.1) is 5.92 Å². The van der Waals surface area contributed by atoms with Crippen LogP contribution >= 0.6 is 0 Å². The van der Waals surface area contributed by atoms with E-state index in [1.165, 1.54) is 16.0 Å². The maximum atomic E-state index is 11.1. The minimum Gasteiger partial charge on any atom is -0.339 e. The third-order valence-corrected chi connectivity index (χ3v) is 2.88. The summed E-state index contributed by atoms with van der Waals surface area (Å²) >= 11 is 0. The summed E-state index contributed by atoms with van der Waals surface area (Å²) < 4.78 is 0. The van der Waals surface area contributed by atoms with Gasteiger partial charge in [-0.1, -0.05) is 38.1 Å². The lowest BCUT2D eigenvalue weighted by Crippen LogP contribution is -2.29. The lowest BCUT2D eigenvalue weighted by atomic mass is 10.0. The molecule has 0 unspecified atom stereocenters. The van der Waals surface area contributed by atoms with Crippen LogP contribution in [0.5, 0.6) is 0 Å². The molecule has 1 amide bonds. The SMILES string of the molecule is CC(C)Cc1ccc(CCN(C)C(=O)C=O)cc1. The van der Waals surface area contributed by atoms with Crippen LogP contribution in [-0.4, -0.2) is 30.7 Å². The molecule has 0 aromatic heterocycles. The van der Waals surface area contributed by atoms with E-state index in [2.05, 4.69) is 38.1 Å². The fourth-order valence-electron chi connectivity index (χ4n) is 1.81. The molecule has 0 atom stereocenters. The zero-order valence-electron chi connectivity index (χ0n) is 11.3. The van der Waals surface area contributed by atoms with Gasteiger partial charge in [-0.15, -0.1) is 0 Å². The van der Waals surface area contributed by atoms with Gasteiger partial charge in [0.1, 0.15) is 0 Å². The second-order valence-corrected chi connectivity index (χ2v) is 5.04. The first kappa shape index (κ1) is 14.4. The summed E-state index contributed by atoms with van der Waals surface area (Å²) in [6.45, 7) is 4.98. The molecular formula is C15H21NO2. The van der Waals surface area contributed by atoms with Crippen molar-refractivity contribution in [2.45, 2.75) is 26.7 Å². The maximum absolute atomic E-state index is 11.1. The first-order valence-electron chi connectivity index (χ1n) is 6.31. The fourth-order valence-corrected chi connectivity index (χ4v) is 1.81. The molecule has 3 nitrogen and oxygen atoms in total. The third kappa shape index (κ3) is 4.70. The highest BCUT2D eigenvalue weighted by Gasteiger charge is 2.06. The highest BCUT2D eigenvalue weighted by Crippen LogP contribution is 2.10. The van der Waals surface area contributed by atoms with Crippen molar-refractivity contribution in [3.63, 3.8) is 0 Å². The maximum Gasteiger partial charge on any atom is 0.286 e. The Morgan fingerprint density at radius 1 is 1.22 bits per heavy atom. The Hall–Kier alpha value is -1.64. The van der Waals surface area contributed by atoms with Crippen molar-refractivity contribution < 1.29 is 9.59 Å². The molecule has 18 heavy (non-hydrogen) atoms. The molecule has 0 heterocycles. The normalized spacial score (nSPS) is 10.4. The average molecular weight is 247 g/mol. The molecule has 0 spiro atoms. The molecule has 0 aliphatic heterocycles. The average Bonchev–Trinajstić information content (AvgIpc) is 2.36. The van der Waals surface area contributed by atoms with E-state index >= 15 is 0 Å². The molecule has 0 N–H and O–H groups in total. The van der Waals surface area contributed by atoms with Crippen LogP contribution in [0.15, 0.2) is 24.3 Å². The Morgan fingerprint density at radius 2 is 1.78 bits per heavy atom. The number of amides is 1. The molecular weight excluding hydrogens is 226 g/mol. The van der Waals surface area contributed by atoms with E-state index in [1.807, 2.05) is 0 Å². The van der Waals surface area contributed by atoms with E-state index < -0.39 is 5.91 Å². The molecule has 0 bridgehead atoms. The highest BCUT2D eigenvalue weighted by molar-refractivity contribution is 6.23. The van der Waals surface area contributed by atoms with E-state index in [1.54, 1.807) is 7.05 Å². The van der Waals surface area contributed by atoms with Crippen molar-refractivity contribution in [3.05, 3.63) is 35.4 Å². The molecule has 0 saturated heterocycles. The van der Waals surface area contributed by atoms with Gasteiger partial charge >= 0.3 is 0 Å². The number of hydrogen-bond acceptors (Lipinski definition) is 2. The first-order valence-corrected chi connectivity index (χ1v) is 6.31. The predicted molar refractivity (Wildman–Crippen MR) is 72.4 cm³/mol. The summed E-state index contributed by atoms with van der Waals surface area (Å²) in [6, 6.07) is 8.46. The van der Waals surface area contributed by atoms with Gasteiger partial charge in [-0.05, 0) is 29.9 Å². The van der Waals surface area contributed by atoms with Crippen molar-refractivity contribution in [2.75, 3.05) is 13.6 Å². The molecule has 0 aliphatic rings. The van der Waals surface area contributed by atoms with E-state index in [0.717, 1.165) is 12.8 Å². The number of carbonyl (C=O) groups is 2. The monoisotopic (exact) mass is 247 g/mol. The van der Waals surface area contributed by atoms with Gasteiger partial charge in [-0.3, -0.25) is 9.59 Å². The minimum absolute atomic E-state index is 0.353. The minimum atomic E-state index is -0.466. The Labute approximate surface area is 109 Å². The largest absolute Gasteiger partial charge is 0.339 e. The highest BCUT2D eigenvalue weighted by atomic mass is 16.2. The summed E-state index contributed by atoms with van der Waals surface area (Å²) in [5, 5.41) is 0. The number of likely N-dealkylation sites (N-methyl/N-ethyl adjacent to an activating group) is 1. The van der Waals surface area contributed by atoms with Crippen LogP contribution in [0.2, 0.25) is 0 Å². The van der Waals surface area contributed by atoms with Gasteiger partial charge in [0.25, 0.3) is 5.91 Å². The van der Waals surface area contributed by atoms with E-state index in [0.29, 0.717) is 18.7 Å². The molecule has 0 aliphatic carbocycles. The van der Waals surface area contributed by atoms with Gasteiger partial charge in [-0.25, -0.2) is 0 Å². The van der Waals surface area contributed by atoms with Crippen LogP contribution < -0.4 is 0 Å². The van der Waals surface area contributed by atoms with E-state index in [4.69, 9.17) is 0 Å². The molecule has 98 valence electrons.